The molecule has 0 aromatic heterocycles. The van der Waals surface area contributed by atoms with Crippen molar-refractivity contribution in [2.24, 2.45) is 5.84 Å². The number of rotatable bonds is 6. The first-order valence-corrected chi connectivity index (χ1v) is 11.8. The van der Waals surface area contributed by atoms with E-state index in [4.69, 9.17) is 20.4 Å². The first-order chi connectivity index (χ1) is 17.9. The van der Waals surface area contributed by atoms with E-state index in [2.05, 4.69) is 5.32 Å². The maximum absolute atomic E-state index is 12.7. The van der Waals surface area contributed by atoms with Gasteiger partial charge >= 0.3 is 18.0 Å². The monoisotopic (exact) mass is 553 g/mol. The number of aliphatic carboxylic acids is 1. The number of esters is 1. The normalized spacial score (nSPS) is 10.5. The van der Waals surface area contributed by atoms with Gasteiger partial charge in [-0.15, -0.1) is 0 Å². The van der Waals surface area contributed by atoms with Crippen molar-refractivity contribution < 1.29 is 42.5 Å². The zero-order chi connectivity index (χ0) is 30.2. The molecule has 0 saturated heterocycles. The predicted octanol–water partition coefficient (Wildman–Crippen LogP) is 3.66. The lowest BCUT2D eigenvalue weighted by Crippen LogP contribution is -2.36. The summed E-state index contributed by atoms with van der Waals surface area (Å²) in [7, 11) is 0. The van der Waals surface area contributed by atoms with Crippen molar-refractivity contribution in [3.63, 3.8) is 0 Å². The summed E-state index contributed by atoms with van der Waals surface area (Å²) in [5.74, 6) is 2.36. The molecule has 0 spiro atoms. The molecule has 12 heteroatoms. The maximum Gasteiger partial charge on any atom is 0.421 e. The van der Waals surface area contributed by atoms with Crippen LogP contribution < -0.4 is 16.6 Å². The molecule has 0 fully saturated rings. The first kappa shape index (κ1) is 34.9. The Labute approximate surface area is 226 Å². The fourth-order valence-corrected chi connectivity index (χ4v) is 2.48. The fourth-order valence-electron chi connectivity index (χ4n) is 2.48. The van der Waals surface area contributed by atoms with Gasteiger partial charge < -0.3 is 19.9 Å². The SMILES string of the molecule is CC(C)(C)OC(=O)CNC(=O)Cc1ccc(F)cc1.CC(C)(C)OC(=O)NN.O=C(O)Cc1ccc(F)cc1. The van der Waals surface area contributed by atoms with Gasteiger partial charge in [0.2, 0.25) is 5.91 Å². The molecule has 2 aromatic rings. The zero-order valence-corrected chi connectivity index (χ0v) is 23.0. The quantitative estimate of drug-likeness (QED) is 0.183. The van der Waals surface area contributed by atoms with Crippen molar-refractivity contribution in [3.05, 3.63) is 71.3 Å². The van der Waals surface area contributed by atoms with Gasteiger partial charge in [-0.1, -0.05) is 24.3 Å². The van der Waals surface area contributed by atoms with E-state index in [1.54, 1.807) is 41.5 Å². The van der Waals surface area contributed by atoms with Crippen LogP contribution in [0.15, 0.2) is 48.5 Å². The Balaban J connectivity index is 0.000000612. The number of nitrogens with one attached hydrogen (secondary N) is 2. The van der Waals surface area contributed by atoms with Crippen LogP contribution in [0.25, 0.3) is 0 Å². The average molecular weight is 554 g/mol. The number of amides is 2. The Hall–Kier alpha value is -4.06. The summed E-state index contributed by atoms with van der Waals surface area (Å²) in [5, 5.41) is 10.8. The molecular weight excluding hydrogens is 516 g/mol. The molecule has 5 N–H and O–H groups in total. The molecule has 0 saturated carbocycles. The number of benzene rings is 2. The van der Waals surface area contributed by atoms with Crippen LogP contribution in [-0.4, -0.2) is 46.8 Å². The van der Waals surface area contributed by atoms with Crippen molar-refractivity contribution in [2.45, 2.75) is 65.6 Å². The molecule has 0 radical (unpaired) electrons. The number of carbonyl (C=O) groups is 4. The fraction of sp³-hybridized carbons (Fsp3) is 0.407. The number of hydrazine groups is 1. The van der Waals surface area contributed by atoms with Gasteiger partial charge in [0, 0.05) is 0 Å². The van der Waals surface area contributed by atoms with Crippen LogP contribution in [0, 0.1) is 11.6 Å². The number of ether oxygens (including phenoxy) is 2. The molecule has 39 heavy (non-hydrogen) atoms. The first-order valence-electron chi connectivity index (χ1n) is 11.8. The van der Waals surface area contributed by atoms with Crippen molar-refractivity contribution in [3.8, 4) is 0 Å². The summed E-state index contributed by atoms with van der Waals surface area (Å²) < 4.78 is 34.7. The maximum atomic E-state index is 12.7. The minimum Gasteiger partial charge on any atom is -0.481 e. The number of carboxylic acids is 1. The molecule has 2 aromatic carbocycles. The molecule has 0 aliphatic rings. The largest absolute Gasteiger partial charge is 0.481 e. The second-order valence-corrected chi connectivity index (χ2v) is 10.0. The Kier molecular flexibility index (Phi) is 15.0. The number of hydrogen-bond donors (Lipinski definition) is 4. The molecule has 0 aliphatic carbocycles. The molecule has 2 rings (SSSR count). The highest BCUT2D eigenvalue weighted by atomic mass is 19.1. The molecule has 0 heterocycles. The van der Waals surface area contributed by atoms with Gasteiger partial charge in [-0.05, 0) is 76.9 Å². The summed E-state index contributed by atoms with van der Waals surface area (Å²) >= 11 is 0. The van der Waals surface area contributed by atoms with Gasteiger partial charge in [0.1, 0.15) is 29.4 Å². The lowest BCUT2D eigenvalue weighted by atomic mass is 10.1. The van der Waals surface area contributed by atoms with Crippen molar-refractivity contribution in [1.82, 2.24) is 10.7 Å². The second kappa shape index (κ2) is 16.7. The Morgan fingerprint density at radius 2 is 1.18 bits per heavy atom. The number of halogens is 2. The van der Waals surface area contributed by atoms with E-state index in [9.17, 15) is 28.0 Å². The molecule has 2 amide bonds. The summed E-state index contributed by atoms with van der Waals surface area (Å²) in [6, 6.07) is 11.1. The molecule has 0 atom stereocenters. The van der Waals surface area contributed by atoms with Crippen LogP contribution >= 0.6 is 0 Å². The molecule has 10 nitrogen and oxygen atoms in total. The van der Waals surface area contributed by atoms with Gasteiger partial charge in [-0.2, -0.15) is 0 Å². The van der Waals surface area contributed by atoms with Crippen LogP contribution in [-0.2, 0) is 36.7 Å². The summed E-state index contributed by atoms with van der Waals surface area (Å²) in [6.07, 6.45) is -0.564. The van der Waals surface area contributed by atoms with E-state index < -0.39 is 29.2 Å². The van der Waals surface area contributed by atoms with Gasteiger partial charge in [0.15, 0.2) is 0 Å². The van der Waals surface area contributed by atoms with E-state index in [0.29, 0.717) is 11.1 Å². The van der Waals surface area contributed by atoms with E-state index in [1.165, 1.54) is 48.5 Å². The Morgan fingerprint density at radius 1 is 0.769 bits per heavy atom. The van der Waals surface area contributed by atoms with Crippen LogP contribution in [0.5, 0.6) is 0 Å². The van der Waals surface area contributed by atoms with Crippen LogP contribution in [0.1, 0.15) is 52.7 Å². The van der Waals surface area contributed by atoms with Gasteiger partial charge in [0.25, 0.3) is 0 Å². The minimum atomic E-state index is -0.906. The summed E-state index contributed by atoms with van der Waals surface area (Å²) in [4.78, 5) is 43.5. The average Bonchev–Trinajstić information content (AvgIpc) is 2.79. The highest BCUT2D eigenvalue weighted by Crippen LogP contribution is 2.07. The summed E-state index contributed by atoms with van der Waals surface area (Å²) in [5.41, 5.74) is 2.11. The van der Waals surface area contributed by atoms with Gasteiger partial charge in [-0.25, -0.2) is 19.4 Å². The topological polar surface area (TPSA) is 157 Å². The van der Waals surface area contributed by atoms with Crippen molar-refractivity contribution in [1.29, 1.82) is 0 Å². The number of carbonyl (C=O) groups excluding carboxylic acids is 3. The van der Waals surface area contributed by atoms with Gasteiger partial charge in [0.05, 0.1) is 12.8 Å². The molecule has 0 bridgehead atoms. The van der Waals surface area contributed by atoms with Crippen LogP contribution in [0.4, 0.5) is 13.6 Å². The Bertz CT molecular complexity index is 1060. The van der Waals surface area contributed by atoms with E-state index in [1.807, 2.05) is 5.43 Å². The van der Waals surface area contributed by atoms with E-state index >= 15 is 0 Å². The van der Waals surface area contributed by atoms with Gasteiger partial charge in [-0.3, -0.25) is 19.8 Å². The van der Waals surface area contributed by atoms with Crippen molar-refractivity contribution >= 4 is 23.9 Å². The number of nitrogens with two attached hydrogens (primary N) is 1. The summed E-state index contributed by atoms with van der Waals surface area (Å²) in [6.45, 7) is 10.4. The lowest BCUT2D eigenvalue weighted by molar-refractivity contribution is -0.154. The lowest BCUT2D eigenvalue weighted by Gasteiger charge is -2.19. The third-order valence-electron chi connectivity index (χ3n) is 3.91. The van der Waals surface area contributed by atoms with Crippen LogP contribution in [0.3, 0.4) is 0 Å². The van der Waals surface area contributed by atoms with E-state index in [-0.39, 0.29) is 36.9 Å². The third-order valence-corrected chi connectivity index (χ3v) is 3.91. The molecule has 216 valence electrons. The number of hydrogen-bond acceptors (Lipinski definition) is 7. The standard InChI is InChI=1S/C14H18FNO3.C8H7FO2.C5H12N2O2/c1-14(2,3)19-13(18)9-16-12(17)8-10-4-6-11(15)7-5-10;9-7-3-1-6(2-4-7)5-8(10)11;1-5(2,3)9-4(8)7-6/h4-7H,8-9H2,1-3H3,(H,16,17);1-4H,5H2,(H,10,11);6H2,1-3H3,(H,7,8). The predicted molar refractivity (Wildman–Crippen MR) is 140 cm³/mol. The Morgan fingerprint density at radius 3 is 1.51 bits per heavy atom. The molecular formula is C27H37F2N3O7. The van der Waals surface area contributed by atoms with Crippen molar-refractivity contribution in [2.75, 3.05) is 6.54 Å². The highest BCUT2D eigenvalue weighted by Gasteiger charge is 2.17. The zero-order valence-electron chi connectivity index (χ0n) is 23.0. The molecule has 0 unspecified atom stereocenters. The molecule has 0 aliphatic heterocycles. The highest BCUT2D eigenvalue weighted by molar-refractivity contribution is 5.83. The minimum absolute atomic E-state index is 0.0553. The van der Waals surface area contributed by atoms with E-state index in [0.717, 1.165) is 0 Å². The second-order valence-electron chi connectivity index (χ2n) is 10.0. The van der Waals surface area contributed by atoms with Crippen LogP contribution in [0.2, 0.25) is 0 Å². The smallest absolute Gasteiger partial charge is 0.421 e. The number of carboxylic acid groups (broad SMARTS) is 1. The third kappa shape index (κ3) is 20.7.